The molecule has 176 valence electrons. The van der Waals surface area contributed by atoms with Crippen molar-refractivity contribution in [3.8, 4) is 26.6 Å². The Bertz CT molecular complexity index is 1140. The number of hydrogen-bond acceptors (Lipinski definition) is 6. The molecule has 0 atom stereocenters. The Morgan fingerprint density at radius 2 is 1.64 bits per heavy atom. The minimum atomic E-state index is -3.91. The number of allylic oxidation sites excluding steroid dienone is 1. The van der Waals surface area contributed by atoms with Crippen LogP contribution in [0.2, 0.25) is 0 Å². The van der Waals surface area contributed by atoms with Gasteiger partial charge in [0.15, 0.2) is 12.4 Å². The van der Waals surface area contributed by atoms with E-state index in [0.29, 0.717) is 31.8 Å². The van der Waals surface area contributed by atoms with Gasteiger partial charge in [-0.25, -0.2) is 4.57 Å². The Hall–Kier alpha value is -2.72. The predicted octanol–water partition coefficient (Wildman–Crippen LogP) is 4.90. The largest absolute Gasteiger partial charge is 0.494 e. The summed E-state index contributed by atoms with van der Waals surface area (Å²) in [5.74, 6) is 1.16. The molecule has 0 saturated heterocycles. The zero-order valence-electron chi connectivity index (χ0n) is 18.5. The topological polar surface area (TPSA) is 85.9 Å². The molecule has 1 aromatic carbocycles. The molecule has 0 aliphatic carbocycles. The maximum atomic E-state index is 10.8. The molecule has 3 rings (SSSR count). The van der Waals surface area contributed by atoms with Gasteiger partial charge in [0.05, 0.1) is 19.5 Å². The van der Waals surface area contributed by atoms with Crippen LogP contribution in [0.1, 0.15) is 19.3 Å². The van der Waals surface area contributed by atoms with Gasteiger partial charge < -0.3 is 9.62 Å². The SMILES string of the molecule is C=C(CCCOc1ccc(-c2ccc(-c3cc[n+](CCCS(=O)(=O)O)cc3)s2)cc1)OOC. The van der Waals surface area contributed by atoms with E-state index in [2.05, 4.69) is 23.6 Å². The third-order valence-electron chi connectivity index (χ3n) is 4.81. The number of pyridine rings is 1. The molecule has 0 amide bonds. The van der Waals surface area contributed by atoms with Crippen LogP contribution in [-0.4, -0.2) is 32.4 Å². The number of benzene rings is 1. The molecule has 0 spiro atoms. The molecular formula is C24H28NO6S2+. The van der Waals surface area contributed by atoms with Gasteiger partial charge in [0.2, 0.25) is 0 Å². The van der Waals surface area contributed by atoms with Gasteiger partial charge in [-0.1, -0.05) is 6.58 Å². The summed E-state index contributed by atoms with van der Waals surface area (Å²) in [6.07, 6.45) is 5.66. The van der Waals surface area contributed by atoms with Crippen molar-refractivity contribution in [1.82, 2.24) is 0 Å². The maximum absolute atomic E-state index is 10.8. The first-order valence-corrected chi connectivity index (χ1v) is 12.9. The number of thiophene rings is 1. The van der Waals surface area contributed by atoms with Crippen LogP contribution < -0.4 is 9.30 Å². The van der Waals surface area contributed by atoms with E-state index in [9.17, 15) is 8.42 Å². The van der Waals surface area contributed by atoms with Crippen molar-refractivity contribution in [1.29, 1.82) is 0 Å². The minimum absolute atomic E-state index is 0.237. The fourth-order valence-corrected chi connectivity index (χ4v) is 4.69. The number of hydrogen-bond donors (Lipinski definition) is 1. The normalized spacial score (nSPS) is 11.3. The first kappa shape index (κ1) is 24.9. The van der Waals surface area contributed by atoms with Gasteiger partial charge in [-0.15, -0.1) is 11.3 Å². The van der Waals surface area contributed by atoms with Crippen molar-refractivity contribution in [3.63, 3.8) is 0 Å². The van der Waals surface area contributed by atoms with Gasteiger partial charge >= 0.3 is 0 Å². The Morgan fingerprint density at radius 3 is 2.24 bits per heavy atom. The second kappa shape index (κ2) is 11.9. The summed E-state index contributed by atoms with van der Waals surface area (Å²) >= 11 is 1.70. The summed E-state index contributed by atoms with van der Waals surface area (Å²) in [7, 11) is -2.46. The number of ether oxygens (including phenoxy) is 1. The lowest BCUT2D eigenvalue weighted by molar-refractivity contribution is -0.696. The van der Waals surface area contributed by atoms with Crippen molar-refractivity contribution in [2.45, 2.75) is 25.8 Å². The molecule has 2 heterocycles. The first-order chi connectivity index (χ1) is 15.8. The van der Waals surface area contributed by atoms with Crippen LogP contribution in [0.4, 0.5) is 0 Å². The van der Waals surface area contributed by atoms with Gasteiger partial charge in [0.25, 0.3) is 10.1 Å². The van der Waals surface area contributed by atoms with Gasteiger partial charge in [-0.3, -0.25) is 4.55 Å². The second-order valence-corrected chi connectivity index (χ2v) is 10.0. The van der Waals surface area contributed by atoms with Crippen molar-refractivity contribution < 1.29 is 32.0 Å². The zero-order valence-corrected chi connectivity index (χ0v) is 20.1. The lowest BCUT2D eigenvalue weighted by Gasteiger charge is -2.08. The standard InChI is InChI=1S/C24H27NO6S2/c1-19(31-29-2)5-3-17-30-22-8-6-20(7-9-22)23-10-11-24(32-23)21-12-15-25(16-13-21)14-4-18-33(26,27)28/h6-13,15-16H,1,3-5,14,17-18H2,2H3/p+1. The Kier molecular flexibility index (Phi) is 9.02. The quantitative estimate of drug-likeness (QED) is 0.0916. The Balaban J connectivity index is 1.53. The molecule has 1 N–H and O–H groups in total. The predicted molar refractivity (Wildman–Crippen MR) is 128 cm³/mol. The van der Waals surface area contributed by atoms with Crippen molar-refractivity contribution in [2.24, 2.45) is 0 Å². The summed E-state index contributed by atoms with van der Waals surface area (Å²) in [6, 6.07) is 16.2. The highest BCUT2D eigenvalue weighted by Crippen LogP contribution is 2.34. The maximum Gasteiger partial charge on any atom is 0.265 e. The molecule has 0 bridgehead atoms. The highest BCUT2D eigenvalue weighted by atomic mass is 32.2. The van der Waals surface area contributed by atoms with E-state index >= 15 is 0 Å². The third-order valence-corrected chi connectivity index (χ3v) is 6.80. The molecule has 2 aromatic heterocycles. The number of aromatic nitrogens is 1. The van der Waals surface area contributed by atoms with Crippen LogP contribution in [0.5, 0.6) is 5.75 Å². The summed E-state index contributed by atoms with van der Waals surface area (Å²) in [5.41, 5.74) is 2.22. The van der Waals surface area contributed by atoms with Crippen LogP contribution in [0.3, 0.4) is 0 Å². The van der Waals surface area contributed by atoms with Crippen molar-refractivity contribution in [3.05, 3.63) is 73.3 Å². The fraction of sp³-hybridized carbons (Fsp3) is 0.292. The summed E-state index contributed by atoms with van der Waals surface area (Å²) in [5, 5.41) is 0. The molecule has 0 aliphatic rings. The average molecular weight is 491 g/mol. The van der Waals surface area contributed by atoms with Crippen LogP contribution in [0.25, 0.3) is 20.9 Å². The lowest BCUT2D eigenvalue weighted by Crippen LogP contribution is -2.33. The highest BCUT2D eigenvalue weighted by Gasteiger charge is 2.10. The van der Waals surface area contributed by atoms with Gasteiger partial charge in [-0.2, -0.15) is 13.3 Å². The van der Waals surface area contributed by atoms with Crippen molar-refractivity contribution in [2.75, 3.05) is 19.5 Å². The number of rotatable bonds is 13. The monoisotopic (exact) mass is 490 g/mol. The molecule has 0 saturated carbocycles. The Morgan fingerprint density at radius 1 is 1.00 bits per heavy atom. The molecule has 0 unspecified atom stereocenters. The molecule has 7 nitrogen and oxygen atoms in total. The van der Waals surface area contributed by atoms with Crippen LogP contribution in [0.15, 0.2) is 73.3 Å². The molecular weight excluding hydrogens is 462 g/mol. The lowest BCUT2D eigenvalue weighted by atomic mass is 10.2. The van der Waals surface area contributed by atoms with Gasteiger partial charge in [-0.05, 0) is 48.4 Å². The van der Waals surface area contributed by atoms with Gasteiger partial charge in [0.1, 0.15) is 18.1 Å². The fourth-order valence-electron chi connectivity index (χ4n) is 3.18. The van der Waals surface area contributed by atoms with E-state index in [-0.39, 0.29) is 5.75 Å². The van der Waals surface area contributed by atoms with Crippen molar-refractivity contribution >= 4 is 21.5 Å². The zero-order chi connectivity index (χ0) is 23.7. The number of aryl methyl sites for hydroxylation is 1. The van der Waals surface area contributed by atoms with Crippen LogP contribution >= 0.6 is 11.3 Å². The molecule has 3 aromatic rings. The van der Waals surface area contributed by atoms with E-state index in [1.54, 1.807) is 11.3 Å². The smallest absolute Gasteiger partial charge is 0.265 e. The van der Waals surface area contributed by atoms with E-state index < -0.39 is 10.1 Å². The molecule has 33 heavy (non-hydrogen) atoms. The van der Waals surface area contributed by atoms with Crippen LogP contribution in [-0.2, 0) is 26.4 Å². The molecule has 0 fully saturated rings. The van der Waals surface area contributed by atoms with E-state index in [1.165, 1.54) is 7.11 Å². The molecule has 0 radical (unpaired) electrons. The molecule has 0 aliphatic heterocycles. The summed E-state index contributed by atoms with van der Waals surface area (Å²) in [4.78, 5) is 11.7. The summed E-state index contributed by atoms with van der Waals surface area (Å²) in [6.45, 7) is 4.85. The average Bonchev–Trinajstić information content (AvgIpc) is 3.27. The second-order valence-electron chi connectivity index (χ2n) is 7.39. The Labute approximate surface area is 198 Å². The van der Waals surface area contributed by atoms with E-state index in [0.717, 1.165) is 33.1 Å². The third kappa shape index (κ3) is 8.29. The molecule has 9 heteroatoms. The van der Waals surface area contributed by atoms with Gasteiger partial charge in [0, 0.05) is 40.3 Å². The highest BCUT2D eigenvalue weighted by molar-refractivity contribution is 7.85. The van der Waals surface area contributed by atoms with E-state index in [1.807, 2.05) is 53.4 Å². The van der Waals surface area contributed by atoms with E-state index in [4.69, 9.17) is 14.2 Å². The number of nitrogens with zero attached hydrogens (tertiary/aromatic N) is 1. The summed E-state index contributed by atoms with van der Waals surface area (Å²) < 4.78 is 38.2. The first-order valence-electron chi connectivity index (χ1n) is 10.5. The van der Waals surface area contributed by atoms with Crippen LogP contribution in [0, 0.1) is 0 Å². The minimum Gasteiger partial charge on any atom is -0.494 e.